The van der Waals surface area contributed by atoms with Crippen molar-refractivity contribution in [2.75, 3.05) is 6.61 Å². The summed E-state index contributed by atoms with van der Waals surface area (Å²) in [6.45, 7) is 0.625. The van der Waals surface area contributed by atoms with E-state index in [9.17, 15) is 15.0 Å². The molecule has 4 atom stereocenters. The first kappa shape index (κ1) is 10.4. The van der Waals surface area contributed by atoms with Gasteiger partial charge in [0.2, 0.25) is 0 Å². The maximum atomic E-state index is 10.7. The van der Waals surface area contributed by atoms with Crippen LogP contribution in [0.15, 0.2) is 0 Å². The fourth-order valence-electron chi connectivity index (χ4n) is 1.31. The lowest BCUT2D eigenvalue weighted by Gasteiger charge is -2.21. The van der Waals surface area contributed by atoms with Gasteiger partial charge in [0.15, 0.2) is 5.60 Å². The van der Waals surface area contributed by atoms with E-state index in [0.29, 0.717) is 0 Å². The van der Waals surface area contributed by atoms with Gasteiger partial charge < -0.3 is 25.2 Å². The first-order chi connectivity index (χ1) is 5.93. The van der Waals surface area contributed by atoms with Crippen molar-refractivity contribution in [1.29, 1.82) is 0 Å². The molecule has 13 heavy (non-hydrogen) atoms. The second-order valence-corrected chi connectivity index (χ2v) is 3.19. The summed E-state index contributed by atoms with van der Waals surface area (Å²) >= 11 is 0. The van der Waals surface area contributed by atoms with E-state index in [0.717, 1.165) is 6.92 Å². The highest BCUT2D eigenvalue weighted by atomic mass is 16.6. The Labute approximate surface area is 74.4 Å². The van der Waals surface area contributed by atoms with E-state index in [-0.39, 0.29) is 0 Å². The summed E-state index contributed by atoms with van der Waals surface area (Å²) in [5.41, 5.74) is -1.84. The molecule has 6 nitrogen and oxygen atoms in total. The number of aliphatic hydroxyl groups is 3. The highest BCUT2D eigenvalue weighted by molar-refractivity contribution is 5.78. The SMILES string of the molecule is C[C@]1(C(=O)O)O[C@H](CO)C(O)C1O. The molecule has 0 bridgehead atoms. The first-order valence-electron chi connectivity index (χ1n) is 3.81. The predicted molar refractivity (Wildman–Crippen MR) is 40.0 cm³/mol. The lowest BCUT2D eigenvalue weighted by molar-refractivity contribution is -0.170. The molecule has 0 spiro atoms. The third-order valence-corrected chi connectivity index (χ3v) is 2.27. The molecule has 1 aliphatic heterocycles. The van der Waals surface area contributed by atoms with Crippen LogP contribution in [0, 0.1) is 0 Å². The van der Waals surface area contributed by atoms with Crippen LogP contribution in [0.25, 0.3) is 0 Å². The Morgan fingerprint density at radius 3 is 2.31 bits per heavy atom. The Hall–Kier alpha value is -0.690. The van der Waals surface area contributed by atoms with Crippen molar-refractivity contribution in [1.82, 2.24) is 0 Å². The Morgan fingerprint density at radius 1 is 1.54 bits per heavy atom. The summed E-state index contributed by atoms with van der Waals surface area (Å²) in [5, 5.41) is 35.9. The fourth-order valence-corrected chi connectivity index (χ4v) is 1.31. The van der Waals surface area contributed by atoms with Gasteiger partial charge in [0, 0.05) is 0 Å². The quantitative estimate of drug-likeness (QED) is 0.401. The highest BCUT2D eigenvalue weighted by Crippen LogP contribution is 2.30. The van der Waals surface area contributed by atoms with Crippen molar-refractivity contribution in [3.05, 3.63) is 0 Å². The van der Waals surface area contributed by atoms with Crippen LogP contribution in [-0.4, -0.2) is 56.9 Å². The van der Waals surface area contributed by atoms with Gasteiger partial charge in [-0.15, -0.1) is 0 Å². The van der Waals surface area contributed by atoms with Crippen molar-refractivity contribution in [2.24, 2.45) is 0 Å². The molecule has 0 aromatic heterocycles. The smallest absolute Gasteiger partial charge is 0.338 e. The number of aliphatic hydroxyl groups excluding tert-OH is 3. The number of carboxylic acids is 1. The van der Waals surface area contributed by atoms with Crippen LogP contribution >= 0.6 is 0 Å². The topological polar surface area (TPSA) is 107 Å². The molecule has 1 saturated heterocycles. The number of hydrogen-bond donors (Lipinski definition) is 4. The van der Waals surface area contributed by atoms with Crippen LogP contribution in [0.1, 0.15) is 6.92 Å². The molecule has 0 amide bonds. The van der Waals surface area contributed by atoms with Crippen LogP contribution in [-0.2, 0) is 9.53 Å². The molecule has 1 aliphatic rings. The van der Waals surface area contributed by atoms with E-state index < -0.39 is 36.5 Å². The molecule has 0 aliphatic carbocycles. The number of hydrogen-bond acceptors (Lipinski definition) is 5. The van der Waals surface area contributed by atoms with Gasteiger partial charge in [-0.3, -0.25) is 0 Å². The van der Waals surface area contributed by atoms with Crippen LogP contribution in [0.4, 0.5) is 0 Å². The molecule has 1 rings (SSSR count). The number of rotatable bonds is 2. The summed E-state index contributed by atoms with van der Waals surface area (Å²) in [4.78, 5) is 10.7. The van der Waals surface area contributed by atoms with E-state index >= 15 is 0 Å². The van der Waals surface area contributed by atoms with Crippen molar-refractivity contribution in [3.63, 3.8) is 0 Å². The minimum Gasteiger partial charge on any atom is -0.479 e. The molecular formula is C7H12O6. The largest absolute Gasteiger partial charge is 0.479 e. The van der Waals surface area contributed by atoms with Gasteiger partial charge in [-0.1, -0.05) is 0 Å². The molecule has 0 saturated carbocycles. The van der Waals surface area contributed by atoms with Gasteiger partial charge in [-0.2, -0.15) is 0 Å². The summed E-state index contributed by atoms with van der Waals surface area (Å²) in [6, 6.07) is 0. The van der Waals surface area contributed by atoms with E-state index in [1.165, 1.54) is 0 Å². The summed E-state index contributed by atoms with van der Waals surface area (Å²) < 4.78 is 4.83. The van der Waals surface area contributed by atoms with Crippen LogP contribution in [0.3, 0.4) is 0 Å². The molecule has 0 aromatic rings. The Kier molecular flexibility index (Phi) is 2.58. The highest BCUT2D eigenvalue weighted by Gasteiger charge is 2.55. The van der Waals surface area contributed by atoms with Crippen LogP contribution in [0.2, 0.25) is 0 Å². The normalized spacial score (nSPS) is 45.1. The third-order valence-electron chi connectivity index (χ3n) is 2.27. The standard InChI is InChI=1S/C7H12O6/c1-7(6(11)12)5(10)4(9)3(2-8)13-7/h3-5,8-10H,2H2,1H3,(H,11,12)/t3-,4?,5?,7+/m1/s1. The molecule has 4 N–H and O–H groups in total. The van der Waals surface area contributed by atoms with Gasteiger partial charge in [0.1, 0.15) is 18.3 Å². The molecule has 6 heteroatoms. The van der Waals surface area contributed by atoms with Gasteiger partial charge in [-0.05, 0) is 6.92 Å². The Morgan fingerprint density at radius 2 is 2.08 bits per heavy atom. The molecule has 76 valence electrons. The van der Waals surface area contributed by atoms with Crippen molar-refractivity contribution in [3.8, 4) is 0 Å². The van der Waals surface area contributed by atoms with E-state index in [1.807, 2.05) is 0 Å². The number of aliphatic carboxylic acids is 1. The number of carboxylic acid groups (broad SMARTS) is 1. The predicted octanol–water partition coefficient (Wildman–Crippen LogP) is -2.06. The zero-order chi connectivity index (χ0) is 10.2. The Balaban J connectivity index is 2.87. The third kappa shape index (κ3) is 1.42. The summed E-state index contributed by atoms with van der Waals surface area (Å²) in [7, 11) is 0. The first-order valence-corrected chi connectivity index (χ1v) is 3.81. The van der Waals surface area contributed by atoms with Gasteiger partial charge >= 0.3 is 5.97 Å². The molecule has 1 fully saturated rings. The van der Waals surface area contributed by atoms with E-state index in [4.69, 9.17) is 14.9 Å². The molecule has 2 unspecified atom stereocenters. The van der Waals surface area contributed by atoms with Gasteiger partial charge in [0.05, 0.1) is 6.61 Å². The maximum absolute atomic E-state index is 10.7. The van der Waals surface area contributed by atoms with Gasteiger partial charge in [0.25, 0.3) is 0 Å². The number of ether oxygens (including phenoxy) is 1. The zero-order valence-electron chi connectivity index (χ0n) is 7.04. The lowest BCUT2D eigenvalue weighted by Crippen LogP contribution is -2.47. The molecule has 1 heterocycles. The summed E-state index contributed by atoms with van der Waals surface area (Å²) in [5.74, 6) is -1.37. The summed E-state index contributed by atoms with van der Waals surface area (Å²) in [6.07, 6.45) is -3.94. The van der Waals surface area contributed by atoms with Crippen LogP contribution < -0.4 is 0 Å². The molecule has 0 radical (unpaired) electrons. The fraction of sp³-hybridized carbons (Fsp3) is 0.857. The van der Waals surface area contributed by atoms with Crippen molar-refractivity contribution in [2.45, 2.75) is 30.8 Å². The minimum atomic E-state index is -1.84. The molecule has 0 aromatic carbocycles. The second kappa shape index (κ2) is 3.22. The monoisotopic (exact) mass is 192 g/mol. The van der Waals surface area contributed by atoms with Gasteiger partial charge in [-0.25, -0.2) is 4.79 Å². The van der Waals surface area contributed by atoms with Crippen LogP contribution in [0.5, 0.6) is 0 Å². The number of carbonyl (C=O) groups is 1. The van der Waals surface area contributed by atoms with Crippen molar-refractivity contribution >= 4 is 5.97 Å². The zero-order valence-corrected chi connectivity index (χ0v) is 7.04. The average molecular weight is 192 g/mol. The van der Waals surface area contributed by atoms with E-state index in [2.05, 4.69) is 0 Å². The Bertz CT molecular complexity index is 217. The maximum Gasteiger partial charge on any atom is 0.338 e. The second-order valence-electron chi connectivity index (χ2n) is 3.19. The molecular weight excluding hydrogens is 180 g/mol. The minimum absolute atomic E-state index is 0.527. The average Bonchev–Trinajstić information content (AvgIpc) is 2.31. The van der Waals surface area contributed by atoms with Crippen molar-refractivity contribution < 1.29 is 30.0 Å². The van der Waals surface area contributed by atoms with E-state index in [1.54, 1.807) is 0 Å². The lowest BCUT2D eigenvalue weighted by atomic mass is 9.97.